The minimum Gasteiger partial charge on any atom is -0.330 e. The number of rotatable bonds is 7. The van der Waals surface area contributed by atoms with Crippen LogP contribution >= 0.6 is 0 Å². The van der Waals surface area contributed by atoms with Gasteiger partial charge in [0.15, 0.2) is 0 Å². The maximum absolute atomic E-state index is 5.41. The summed E-state index contributed by atoms with van der Waals surface area (Å²) in [7, 11) is 0. The van der Waals surface area contributed by atoms with E-state index in [9.17, 15) is 0 Å². The molecule has 0 radical (unpaired) electrons. The van der Waals surface area contributed by atoms with Crippen LogP contribution in [-0.2, 0) is 0 Å². The molecule has 0 saturated heterocycles. The number of hydrogen-bond donors (Lipinski definition) is 2. The van der Waals surface area contributed by atoms with E-state index in [2.05, 4.69) is 12.2 Å². The average Bonchev–Trinajstić information content (AvgIpc) is 2.85. The molecule has 3 N–H and O–H groups in total. The number of unbranched alkanes of at least 4 members (excludes halogenated alkanes) is 1. The monoisotopic (exact) mass is 170 g/mol. The van der Waals surface area contributed by atoms with Crippen LogP contribution in [-0.4, -0.2) is 19.6 Å². The van der Waals surface area contributed by atoms with Crippen LogP contribution in [0.25, 0.3) is 0 Å². The third-order valence-corrected chi connectivity index (χ3v) is 3.01. The van der Waals surface area contributed by atoms with Crippen LogP contribution in [0.3, 0.4) is 0 Å². The van der Waals surface area contributed by atoms with E-state index in [1.54, 1.807) is 0 Å². The molecule has 2 nitrogen and oxygen atoms in total. The first-order valence-electron chi connectivity index (χ1n) is 5.24. The molecule has 0 unspecified atom stereocenters. The quantitative estimate of drug-likeness (QED) is 0.568. The zero-order valence-electron chi connectivity index (χ0n) is 8.23. The number of hydrogen-bond acceptors (Lipinski definition) is 2. The summed E-state index contributed by atoms with van der Waals surface area (Å²) >= 11 is 0. The van der Waals surface area contributed by atoms with Gasteiger partial charge in [-0.25, -0.2) is 0 Å². The summed E-state index contributed by atoms with van der Waals surface area (Å²) in [6.45, 7) is 5.52. The Balaban J connectivity index is 1.89. The molecular weight excluding hydrogens is 148 g/mol. The van der Waals surface area contributed by atoms with Gasteiger partial charge in [-0.15, -0.1) is 0 Å². The molecule has 0 bridgehead atoms. The molecular formula is C10H22N2. The lowest BCUT2D eigenvalue weighted by molar-refractivity contribution is 0.440. The van der Waals surface area contributed by atoms with E-state index in [-0.39, 0.29) is 0 Å². The molecule has 0 aromatic carbocycles. The van der Waals surface area contributed by atoms with E-state index in [0.717, 1.165) is 19.5 Å². The van der Waals surface area contributed by atoms with E-state index in [4.69, 9.17) is 5.73 Å². The van der Waals surface area contributed by atoms with Gasteiger partial charge in [0.1, 0.15) is 0 Å². The van der Waals surface area contributed by atoms with Crippen molar-refractivity contribution in [1.29, 1.82) is 0 Å². The highest BCUT2D eigenvalue weighted by atomic mass is 14.9. The summed E-state index contributed by atoms with van der Waals surface area (Å²) in [6, 6.07) is 0. The Labute approximate surface area is 75.9 Å². The second-order valence-corrected chi connectivity index (χ2v) is 4.03. The molecule has 0 aromatic rings. The summed E-state index contributed by atoms with van der Waals surface area (Å²) in [5.41, 5.74) is 6.10. The Morgan fingerprint density at radius 3 is 2.58 bits per heavy atom. The molecule has 1 aliphatic carbocycles. The molecule has 2 heteroatoms. The van der Waals surface area contributed by atoms with Crippen molar-refractivity contribution >= 4 is 0 Å². The van der Waals surface area contributed by atoms with Crippen LogP contribution in [0, 0.1) is 5.41 Å². The van der Waals surface area contributed by atoms with Crippen LogP contribution < -0.4 is 11.1 Å². The van der Waals surface area contributed by atoms with Gasteiger partial charge in [0.05, 0.1) is 0 Å². The fourth-order valence-corrected chi connectivity index (χ4v) is 1.58. The predicted molar refractivity (Wildman–Crippen MR) is 53.1 cm³/mol. The summed E-state index contributed by atoms with van der Waals surface area (Å²) in [5.74, 6) is 0. The first kappa shape index (κ1) is 10.0. The minimum atomic E-state index is 0.697. The van der Waals surface area contributed by atoms with Crippen molar-refractivity contribution in [2.24, 2.45) is 11.1 Å². The molecule has 72 valence electrons. The maximum Gasteiger partial charge on any atom is 0.000771 e. The van der Waals surface area contributed by atoms with Gasteiger partial charge in [0.2, 0.25) is 0 Å². The van der Waals surface area contributed by atoms with Crippen molar-refractivity contribution < 1.29 is 0 Å². The first-order valence-corrected chi connectivity index (χ1v) is 5.24. The van der Waals surface area contributed by atoms with E-state index in [1.165, 1.54) is 32.2 Å². The van der Waals surface area contributed by atoms with Gasteiger partial charge in [-0.1, -0.05) is 6.92 Å². The van der Waals surface area contributed by atoms with Gasteiger partial charge in [-0.05, 0) is 50.6 Å². The van der Waals surface area contributed by atoms with Crippen LogP contribution in [0.5, 0.6) is 0 Å². The lowest BCUT2D eigenvalue weighted by Gasteiger charge is -2.12. The van der Waals surface area contributed by atoms with Crippen LogP contribution in [0.15, 0.2) is 0 Å². The lowest BCUT2D eigenvalue weighted by Crippen LogP contribution is -2.24. The second-order valence-electron chi connectivity index (χ2n) is 4.03. The highest BCUT2D eigenvalue weighted by Gasteiger charge is 2.39. The molecule has 0 heterocycles. The molecule has 1 saturated carbocycles. The highest BCUT2D eigenvalue weighted by Crippen LogP contribution is 2.47. The Morgan fingerprint density at radius 1 is 1.33 bits per heavy atom. The fourth-order valence-electron chi connectivity index (χ4n) is 1.58. The van der Waals surface area contributed by atoms with Gasteiger partial charge in [-0.2, -0.15) is 0 Å². The number of nitrogens with one attached hydrogen (secondary N) is 1. The van der Waals surface area contributed by atoms with Crippen LogP contribution in [0.4, 0.5) is 0 Å². The van der Waals surface area contributed by atoms with Crippen molar-refractivity contribution in [2.45, 2.75) is 39.0 Å². The minimum absolute atomic E-state index is 0.697. The van der Waals surface area contributed by atoms with Gasteiger partial charge in [0, 0.05) is 6.54 Å². The van der Waals surface area contributed by atoms with Crippen molar-refractivity contribution in [3.05, 3.63) is 0 Å². The number of nitrogens with two attached hydrogens (primary N) is 1. The van der Waals surface area contributed by atoms with Gasteiger partial charge < -0.3 is 11.1 Å². The standard InChI is InChI=1S/C10H22N2/c1-2-10(5-6-10)9-12-8-4-3-7-11/h12H,2-9,11H2,1H3. The Bertz CT molecular complexity index is 119. The van der Waals surface area contributed by atoms with Gasteiger partial charge >= 0.3 is 0 Å². The van der Waals surface area contributed by atoms with Gasteiger partial charge in [0.25, 0.3) is 0 Å². The van der Waals surface area contributed by atoms with Crippen LogP contribution in [0.2, 0.25) is 0 Å². The SMILES string of the molecule is CCC1(CNCCCCN)CC1. The zero-order chi connectivity index (χ0) is 8.86. The summed E-state index contributed by atoms with van der Waals surface area (Å²) in [4.78, 5) is 0. The predicted octanol–water partition coefficient (Wildman–Crippen LogP) is 1.51. The zero-order valence-corrected chi connectivity index (χ0v) is 8.23. The molecule has 0 amide bonds. The van der Waals surface area contributed by atoms with Crippen LogP contribution in [0.1, 0.15) is 39.0 Å². The lowest BCUT2D eigenvalue weighted by atomic mass is 10.0. The first-order chi connectivity index (χ1) is 5.83. The molecule has 1 aliphatic rings. The van der Waals surface area contributed by atoms with E-state index >= 15 is 0 Å². The Morgan fingerprint density at radius 2 is 2.08 bits per heavy atom. The third-order valence-electron chi connectivity index (χ3n) is 3.01. The third kappa shape index (κ3) is 3.11. The molecule has 0 spiro atoms. The van der Waals surface area contributed by atoms with Crippen molar-refractivity contribution in [2.75, 3.05) is 19.6 Å². The van der Waals surface area contributed by atoms with E-state index < -0.39 is 0 Å². The summed E-state index contributed by atoms with van der Waals surface area (Å²) in [5, 5.41) is 3.52. The van der Waals surface area contributed by atoms with Crippen molar-refractivity contribution in [1.82, 2.24) is 5.32 Å². The Hall–Kier alpha value is -0.0800. The molecule has 0 aliphatic heterocycles. The molecule has 1 rings (SSSR count). The second kappa shape index (κ2) is 4.83. The molecule has 1 fully saturated rings. The normalized spacial score (nSPS) is 19.5. The summed E-state index contributed by atoms with van der Waals surface area (Å²) in [6.07, 6.45) is 6.61. The van der Waals surface area contributed by atoms with Crippen molar-refractivity contribution in [3.63, 3.8) is 0 Å². The Kier molecular flexibility index (Phi) is 4.02. The highest BCUT2D eigenvalue weighted by molar-refractivity contribution is 4.93. The average molecular weight is 170 g/mol. The maximum atomic E-state index is 5.41. The largest absolute Gasteiger partial charge is 0.330 e. The van der Waals surface area contributed by atoms with Gasteiger partial charge in [-0.3, -0.25) is 0 Å². The van der Waals surface area contributed by atoms with E-state index in [1.807, 2.05) is 0 Å². The molecule has 0 aromatic heterocycles. The fraction of sp³-hybridized carbons (Fsp3) is 1.00. The molecule has 12 heavy (non-hydrogen) atoms. The smallest absolute Gasteiger partial charge is 0.000771 e. The van der Waals surface area contributed by atoms with Crippen molar-refractivity contribution in [3.8, 4) is 0 Å². The topological polar surface area (TPSA) is 38.0 Å². The van der Waals surface area contributed by atoms with E-state index in [0.29, 0.717) is 5.41 Å². The molecule has 0 atom stereocenters. The summed E-state index contributed by atoms with van der Waals surface area (Å²) < 4.78 is 0.